The van der Waals surface area contributed by atoms with Crippen LogP contribution in [0.25, 0.3) is 0 Å². The Balaban J connectivity index is 1.39. The van der Waals surface area contributed by atoms with Gasteiger partial charge in [-0.25, -0.2) is 4.68 Å². The van der Waals surface area contributed by atoms with Gasteiger partial charge in [0, 0.05) is 25.3 Å². The smallest absolute Gasteiger partial charge is 0.280 e. The molecule has 3 aromatic rings. The minimum atomic E-state index is -0.370. The summed E-state index contributed by atoms with van der Waals surface area (Å²) in [6.07, 6.45) is 0. The lowest BCUT2D eigenvalue weighted by Crippen LogP contribution is -2.35. The van der Waals surface area contributed by atoms with Crippen molar-refractivity contribution in [1.82, 2.24) is 19.9 Å². The van der Waals surface area contributed by atoms with Crippen LogP contribution in [-0.4, -0.2) is 52.1 Å². The van der Waals surface area contributed by atoms with E-state index < -0.39 is 0 Å². The number of rotatable bonds is 6. The number of carbonyl (C=O) groups is 1. The number of anilines is 2. The van der Waals surface area contributed by atoms with E-state index in [0.29, 0.717) is 12.2 Å². The standard InChI is InChI=1S/C22H26N6O2/c1-16-3-2-4-19(13-16)24-22(29)20-21(23)28(26-25-20)15-18-7-5-17(6-8-18)14-27-9-11-30-12-10-27/h2-8,13H,9-12,14-15,23H2,1H3,(H,24,29). The van der Waals surface area contributed by atoms with Gasteiger partial charge in [-0.1, -0.05) is 41.6 Å². The summed E-state index contributed by atoms with van der Waals surface area (Å²) in [6, 6.07) is 15.9. The van der Waals surface area contributed by atoms with Crippen LogP contribution in [0.2, 0.25) is 0 Å². The minimum absolute atomic E-state index is 0.125. The molecule has 30 heavy (non-hydrogen) atoms. The van der Waals surface area contributed by atoms with Crippen LogP contribution in [0.1, 0.15) is 27.2 Å². The second-order valence-corrected chi connectivity index (χ2v) is 7.51. The van der Waals surface area contributed by atoms with E-state index in [2.05, 4.69) is 44.8 Å². The molecule has 0 atom stereocenters. The number of aryl methyl sites for hydroxylation is 1. The Labute approximate surface area is 175 Å². The maximum Gasteiger partial charge on any atom is 0.280 e. The van der Waals surface area contributed by atoms with E-state index in [4.69, 9.17) is 10.5 Å². The number of nitrogens with one attached hydrogen (secondary N) is 1. The third-order valence-electron chi connectivity index (χ3n) is 5.13. The lowest BCUT2D eigenvalue weighted by Gasteiger charge is -2.26. The zero-order chi connectivity index (χ0) is 20.9. The second-order valence-electron chi connectivity index (χ2n) is 7.51. The van der Waals surface area contributed by atoms with E-state index in [0.717, 1.165) is 44.0 Å². The molecule has 1 saturated heterocycles. The molecule has 8 nitrogen and oxygen atoms in total. The average Bonchev–Trinajstić information content (AvgIpc) is 3.10. The molecule has 0 spiro atoms. The molecule has 0 bridgehead atoms. The molecule has 8 heteroatoms. The lowest BCUT2D eigenvalue weighted by atomic mass is 10.1. The number of nitrogens with two attached hydrogens (primary N) is 1. The maximum atomic E-state index is 12.5. The fourth-order valence-corrected chi connectivity index (χ4v) is 3.45. The van der Waals surface area contributed by atoms with Gasteiger partial charge in [-0.3, -0.25) is 9.69 Å². The van der Waals surface area contributed by atoms with Gasteiger partial charge in [-0.05, 0) is 35.7 Å². The molecule has 3 N–H and O–H groups in total. The zero-order valence-corrected chi connectivity index (χ0v) is 17.0. The highest BCUT2D eigenvalue weighted by Crippen LogP contribution is 2.16. The van der Waals surface area contributed by atoms with Crippen LogP contribution in [0.4, 0.5) is 11.5 Å². The molecule has 1 aliphatic rings. The lowest BCUT2D eigenvalue weighted by molar-refractivity contribution is 0.0342. The van der Waals surface area contributed by atoms with Crippen molar-refractivity contribution in [3.8, 4) is 0 Å². The first-order chi connectivity index (χ1) is 14.6. The van der Waals surface area contributed by atoms with Gasteiger partial charge in [-0.2, -0.15) is 0 Å². The van der Waals surface area contributed by atoms with Crippen LogP contribution in [0, 0.1) is 6.92 Å². The molecule has 1 fully saturated rings. The van der Waals surface area contributed by atoms with Crippen molar-refractivity contribution in [3.63, 3.8) is 0 Å². The normalized spacial score (nSPS) is 14.6. The van der Waals surface area contributed by atoms with Gasteiger partial charge in [0.1, 0.15) is 0 Å². The predicted molar refractivity (Wildman–Crippen MR) is 115 cm³/mol. The summed E-state index contributed by atoms with van der Waals surface area (Å²) in [5, 5.41) is 10.9. The van der Waals surface area contributed by atoms with E-state index in [1.807, 2.05) is 31.2 Å². The van der Waals surface area contributed by atoms with Crippen molar-refractivity contribution in [3.05, 3.63) is 70.9 Å². The van der Waals surface area contributed by atoms with E-state index >= 15 is 0 Å². The summed E-state index contributed by atoms with van der Waals surface area (Å²) in [6.45, 7) is 6.85. The van der Waals surface area contributed by atoms with Crippen molar-refractivity contribution in [2.24, 2.45) is 0 Å². The van der Waals surface area contributed by atoms with Crippen molar-refractivity contribution in [2.45, 2.75) is 20.0 Å². The molecule has 0 radical (unpaired) electrons. The van der Waals surface area contributed by atoms with Crippen molar-refractivity contribution < 1.29 is 9.53 Å². The number of hydrogen-bond acceptors (Lipinski definition) is 6. The molecule has 0 saturated carbocycles. The molecular formula is C22H26N6O2. The zero-order valence-electron chi connectivity index (χ0n) is 17.0. The Morgan fingerprint density at radius 1 is 1.10 bits per heavy atom. The summed E-state index contributed by atoms with van der Waals surface area (Å²) >= 11 is 0. The third kappa shape index (κ3) is 4.84. The highest BCUT2D eigenvalue weighted by Gasteiger charge is 2.18. The van der Waals surface area contributed by atoms with Gasteiger partial charge in [0.05, 0.1) is 19.8 Å². The highest BCUT2D eigenvalue weighted by molar-refractivity contribution is 6.05. The Morgan fingerprint density at radius 3 is 2.50 bits per heavy atom. The number of amides is 1. The van der Waals surface area contributed by atoms with Crippen LogP contribution in [0.15, 0.2) is 48.5 Å². The molecule has 156 valence electrons. The average molecular weight is 406 g/mol. The monoisotopic (exact) mass is 406 g/mol. The number of hydrogen-bond donors (Lipinski definition) is 2. The van der Waals surface area contributed by atoms with Crippen molar-refractivity contribution in [2.75, 3.05) is 37.4 Å². The maximum absolute atomic E-state index is 12.5. The number of nitrogens with zero attached hydrogens (tertiary/aromatic N) is 4. The van der Waals surface area contributed by atoms with Crippen LogP contribution < -0.4 is 11.1 Å². The molecular weight excluding hydrogens is 380 g/mol. The quantitative estimate of drug-likeness (QED) is 0.652. The van der Waals surface area contributed by atoms with Gasteiger partial charge < -0.3 is 15.8 Å². The number of ether oxygens (including phenoxy) is 1. The van der Waals surface area contributed by atoms with Crippen molar-refractivity contribution >= 4 is 17.4 Å². The number of morpholine rings is 1. The fourth-order valence-electron chi connectivity index (χ4n) is 3.45. The SMILES string of the molecule is Cc1cccc(NC(=O)c2nnn(Cc3ccc(CN4CCOCC4)cc3)c2N)c1. The minimum Gasteiger partial charge on any atom is -0.382 e. The first-order valence-electron chi connectivity index (χ1n) is 10.0. The van der Waals surface area contributed by atoms with Gasteiger partial charge in [0.2, 0.25) is 0 Å². The summed E-state index contributed by atoms with van der Waals surface area (Å²) in [7, 11) is 0. The number of nitrogen functional groups attached to an aromatic ring is 1. The molecule has 0 unspecified atom stereocenters. The number of aromatic nitrogens is 3. The fraction of sp³-hybridized carbons (Fsp3) is 0.318. The van der Waals surface area contributed by atoms with Crippen molar-refractivity contribution in [1.29, 1.82) is 0 Å². The van der Waals surface area contributed by atoms with Gasteiger partial charge in [0.15, 0.2) is 11.5 Å². The second kappa shape index (κ2) is 9.06. The predicted octanol–water partition coefficient (Wildman–Crippen LogP) is 2.30. The van der Waals surface area contributed by atoms with E-state index in [1.54, 1.807) is 4.68 Å². The van der Waals surface area contributed by atoms with E-state index in [9.17, 15) is 4.79 Å². The first kappa shape index (κ1) is 20.1. The molecule has 1 aliphatic heterocycles. The summed E-state index contributed by atoms with van der Waals surface area (Å²) < 4.78 is 6.94. The molecule has 1 amide bonds. The van der Waals surface area contributed by atoms with Gasteiger partial charge in [0.25, 0.3) is 5.91 Å². The Kier molecular flexibility index (Phi) is 6.06. The first-order valence-corrected chi connectivity index (χ1v) is 10.0. The van der Waals surface area contributed by atoms with Crippen LogP contribution in [-0.2, 0) is 17.8 Å². The third-order valence-corrected chi connectivity index (χ3v) is 5.13. The van der Waals surface area contributed by atoms with Gasteiger partial charge in [-0.15, -0.1) is 5.10 Å². The van der Waals surface area contributed by atoms with Gasteiger partial charge >= 0.3 is 0 Å². The van der Waals surface area contributed by atoms with E-state index in [1.165, 1.54) is 5.56 Å². The number of benzene rings is 2. The molecule has 1 aromatic heterocycles. The topological polar surface area (TPSA) is 98.3 Å². The van der Waals surface area contributed by atoms with E-state index in [-0.39, 0.29) is 17.4 Å². The molecule has 4 rings (SSSR count). The largest absolute Gasteiger partial charge is 0.382 e. The van der Waals surface area contributed by atoms with Crippen LogP contribution in [0.5, 0.6) is 0 Å². The Bertz CT molecular complexity index is 1010. The molecule has 2 aromatic carbocycles. The summed E-state index contributed by atoms with van der Waals surface area (Å²) in [5.41, 5.74) is 10.3. The Hall–Kier alpha value is -3.23. The van der Waals surface area contributed by atoms with Crippen LogP contribution in [0.3, 0.4) is 0 Å². The Morgan fingerprint density at radius 2 is 1.80 bits per heavy atom. The molecule has 2 heterocycles. The highest BCUT2D eigenvalue weighted by atomic mass is 16.5. The summed E-state index contributed by atoms with van der Waals surface area (Å²) in [5.74, 6) is -0.122. The van der Waals surface area contributed by atoms with Crippen LogP contribution >= 0.6 is 0 Å². The molecule has 0 aliphatic carbocycles. The summed E-state index contributed by atoms with van der Waals surface area (Å²) in [4.78, 5) is 14.9. The number of carbonyl (C=O) groups excluding carboxylic acids is 1.